The van der Waals surface area contributed by atoms with E-state index in [9.17, 15) is 4.79 Å². The molecule has 0 fully saturated rings. The summed E-state index contributed by atoms with van der Waals surface area (Å²) in [5.74, 6) is 0.0488. The highest BCUT2D eigenvalue weighted by atomic mass is 16.1. The lowest BCUT2D eigenvalue weighted by Gasteiger charge is -2.08. The first-order chi connectivity index (χ1) is 7.38. The number of hydrogen-bond donors (Lipinski definition) is 0. The van der Waals surface area contributed by atoms with E-state index in [4.69, 9.17) is 0 Å². The summed E-state index contributed by atoms with van der Waals surface area (Å²) >= 11 is 0. The quantitative estimate of drug-likeness (QED) is 0.507. The molecule has 1 atom stereocenters. The van der Waals surface area contributed by atoms with Crippen LogP contribution in [0.1, 0.15) is 37.7 Å². The Morgan fingerprint density at radius 1 is 1.20 bits per heavy atom. The molecule has 1 aromatic rings. The molecule has 0 saturated carbocycles. The largest absolute Gasteiger partial charge is 0.303 e. The van der Waals surface area contributed by atoms with Gasteiger partial charge < -0.3 is 4.79 Å². The molecule has 1 aromatic carbocycles. The van der Waals surface area contributed by atoms with Gasteiger partial charge in [0, 0.05) is 5.92 Å². The van der Waals surface area contributed by atoms with Gasteiger partial charge in [0.15, 0.2) is 0 Å². The second-order valence-corrected chi connectivity index (χ2v) is 3.61. The molecule has 1 heteroatoms. The van der Waals surface area contributed by atoms with Crippen molar-refractivity contribution in [3.63, 3.8) is 0 Å². The minimum atomic E-state index is 0.0488. The molecule has 0 N–H and O–H groups in total. The van der Waals surface area contributed by atoms with Crippen molar-refractivity contribution in [1.82, 2.24) is 0 Å². The Morgan fingerprint density at radius 2 is 1.93 bits per heavy atom. The van der Waals surface area contributed by atoms with Gasteiger partial charge in [-0.2, -0.15) is 0 Å². The average Bonchev–Trinajstić information content (AvgIpc) is 2.30. The number of allylic oxidation sites excluding steroid dienone is 2. The summed E-state index contributed by atoms with van der Waals surface area (Å²) in [4.78, 5) is 10.9. The first-order valence-corrected chi connectivity index (χ1v) is 5.53. The Morgan fingerprint density at radius 3 is 2.53 bits per heavy atom. The van der Waals surface area contributed by atoms with Gasteiger partial charge in [0.2, 0.25) is 0 Å². The van der Waals surface area contributed by atoms with Crippen molar-refractivity contribution in [3.8, 4) is 0 Å². The van der Waals surface area contributed by atoms with Crippen LogP contribution >= 0.6 is 0 Å². The van der Waals surface area contributed by atoms with Crippen molar-refractivity contribution >= 4 is 6.29 Å². The lowest BCUT2D eigenvalue weighted by molar-refractivity contribution is -0.109. The third-order valence-electron chi connectivity index (χ3n) is 2.44. The van der Waals surface area contributed by atoms with E-state index < -0.39 is 0 Å². The highest BCUT2D eigenvalue weighted by molar-refractivity contribution is 5.61. The molecule has 0 aliphatic rings. The zero-order valence-corrected chi connectivity index (χ0v) is 9.23. The predicted molar refractivity (Wildman–Crippen MR) is 63.9 cm³/mol. The van der Waals surface area contributed by atoms with Crippen LogP contribution in [-0.4, -0.2) is 6.29 Å². The maximum atomic E-state index is 10.9. The van der Waals surface area contributed by atoms with Crippen LogP contribution in [0.3, 0.4) is 0 Å². The van der Waals surface area contributed by atoms with E-state index in [0.29, 0.717) is 0 Å². The number of carbonyl (C=O) groups is 1. The first-order valence-electron chi connectivity index (χ1n) is 5.53. The second-order valence-electron chi connectivity index (χ2n) is 3.61. The van der Waals surface area contributed by atoms with Crippen LogP contribution < -0.4 is 0 Å². The average molecular weight is 202 g/mol. The fraction of sp³-hybridized carbons (Fsp3) is 0.357. The van der Waals surface area contributed by atoms with E-state index in [1.54, 1.807) is 0 Å². The highest BCUT2D eigenvalue weighted by Gasteiger charge is 2.07. The van der Waals surface area contributed by atoms with Gasteiger partial charge in [-0.3, -0.25) is 0 Å². The minimum absolute atomic E-state index is 0.0488. The molecule has 0 aliphatic heterocycles. The Labute approximate surface area is 91.8 Å². The standard InChI is InChI=1S/C14H18O/c1-2-3-4-6-11-14(12-15)13-9-7-5-8-10-13/h3-5,7-10,12,14H,2,6,11H2,1H3/b4-3-/t14-/m1/s1. The fourth-order valence-corrected chi connectivity index (χ4v) is 1.57. The maximum Gasteiger partial charge on any atom is 0.127 e. The molecule has 0 aliphatic carbocycles. The van der Waals surface area contributed by atoms with E-state index >= 15 is 0 Å². The molecule has 1 nitrogen and oxygen atoms in total. The van der Waals surface area contributed by atoms with E-state index in [2.05, 4.69) is 19.1 Å². The molecule has 0 bridgehead atoms. The van der Waals surface area contributed by atoms with Crippen molar-refractivity contribution in [1.29, 1.82) is 0 Å². The predicted octanol–water partition coefficient (Wildman–Crippen LogP) is 3.72. The second kappa shape index (κ2) is 6.99. The first kappa shape index (κ1) is 11.7. The topological polar surface area (TPSA) is 17.1 Å². The summed E-state index contributed by atoms with van der Waals surface area (Å²) in [6.07, 6.45) is 8.30. The zero-order valence-electron chi connectivity index (χ0n) is 9.23. The Hall–Kier alpha value is -1.37. The van der Waals surface area contributed by atoms with E-state index in [1.807, 2.05) is 30.3 Å². The molecule has 0 saturated heterocycles. The molecule has 0 amide bonds. The van der Waals surface area contributed by atoms with Crippen molar-refractivity contribution in [2.24, 2.45) is 0 Å². The summed E-state index contributed by atoms with van der Waals surface area (Å²) in [5.41, 5.74) is 1.12. The van der Waals surface area contributed by atoms with Gasteiger partial charge in [0.25, 0.3) is 0 Å². The number of aldehydes is 1. The molecular formula is C14H18O. The Balaban J connectivity index is 2.50. The Bertz CT molecular complexity index is 300. The zero-order chi connectivity index (χ0) is 10.9. The van der Waals surface area contributed by atoms with Crippen molar-refractivity contribution in [2.75, 3.05) is 0 Å². The summed E-state index contributed by atoms with van der Waals surface area (Å²) < 4.78 is 0. The van der Waals surface area contributed by atoms with E-state index in [1.165, 1.54) is 0 Å². The van der Waals surface area contributed by atoms with Crippen LogP contribution in [0.4, 0.5) is 0 Å². The monoisotopic (exact) mass is 202 g/mol. The number of rotatable bonds is 6. The van der Waals surface area contributed by atoms with Crippen LogP contribution in [0.2, 0.25) is 0 Å². The minimum Gasteiger partial charge on any atom is -0.303 e. The third kappa shape index (κ3) is 4.11. The molecule has 15 heavy (non-hydrogen) atoms. The smallest absolute Gasteiger partial charge is 0.127 e. The Kier molecular flexibility index (Phi) is 5.46. The van der Waals surface area contributed by atoms with Crippen LogP contribution in [0.15, 0.2) is 42.5 Å². The van der Waals surface area contributed by atoms with Gasteiger partial charge in [-0.05, 0) is 24.8 Å². The lowest BCUT2D eigenvalue weighted by atomic mass is 9.96. The van der Waals surface area contributed by atoms with Crippen LogP contribution in [-0.2, 0) is 4.79 Å². The number of hydrogen-bond acceptors (Lipinski definition) is 1. The van der Waals surface area contributed by atoms with Crippen molar-refractivity contribution < 1.29 is 4.79 Å². The lowest BCUT2D eigenvalue weighted by Crippen LogP contribution is -1.99. The third-order valence-corrected chi connectivity index (χ3v) is 2.44. The number of benzene rings is 1. The fourth-order valence-electron chi connectivity index (χ4n) is 1.57. The van der Waals surface area contributed by atoms with Crippen molar-refractivity contribution in [3.05, 3.63) is 48.0 Å². The summed E-state index contributed by atoms with van der Waals surface area (Å²) in [5, 5.41) is 0. The van der Waals surface area contributed by atoms with Crippen molar-refractivity contribution in [2.45, 2.75) is 32.1 Å². The van der Waals surface area contributed by atoms with Gasteiger partial charge >= 0.3 is 0 Å². The van der Waals surface area contributed by atoms with Crippen LogP contribution in [0.25, 0.3) is 0 Å². The molecule has 0 radical (unpaired) electrons. The number of carbonyl (C=O) groups excluding carboxylic acids is 1. The molecular weight excluding hydrogens is 184 g/mol. The van der Waals surface area contributed by atoms with Crippen LogP contribution in [0.5, 0.6) is 0 Å². The summed E-state index contributed by atoms with van der Waals surface area (Å²) in [7, 11) is 0. The van der Waals surface area contributed by atoms with Gasteiger partial charge in [-0.1, -0.05) is 49.4 Å². The normalized spacial score (nSPS) is 12.9. The van der Waals surface area contributed by atoms with Gasteiger partial charge in [-0.15, -0.1) is 0 Å². The molecule has 0 heterocycles. The molecule has 0 unspecified atom stereocenters. The molecule has 1 rings (SSSR count). The maximum absolute atomic E-state index is 10.9. The summed E-state index contributed by atoms with van der Waals surface area (Å²) in [6.45, 7) is 2.12. The molecule has 0 aromatic heterocycles. The van der Waals surface area contributed by atoms with E-state index in [0.717, 1.165) is 31.1 Å². The highest BCUT2D eigenvalue weighted by Crippen LogP contribution is 2.18. The molecule has 0 spiro atoms. The van der Waals surface area contributed by atoms with Crippen LogP contribution in [0, 0.1) is 0 Å². The molecule has 80 valence electrons. The SMILES string of the molecule is CC/C=C\CC[C@H](C=O)c1ccccc1. The summed E-state index contributed by atoms with van der Waals surface area (Å²) in [6, 6.07) is 9.97. The van der Waals surface area contributed by atoms with E-state index in [-0.39, 0.29) is 5.92 Å². The van der Waals surface area contributed by atoms with Gasteiger partial charge in [-0.25, -0.2) is 0 Å². The van der Waals surface area contributed by atoms with Gasteiger partial charge in [0.1, 0.15) is 6.29 Å². The van der Waals surface area contributed by atoms with Gasteiger partial charge in [0.05, 0.1) is 0 Å².